The van der Waals surface area contributed by atoms with Gasteiger partial charge in [0, 0.05) is 21.2 Å². The second-order valence-electron chi connectivity index (χ2n) is 7.56. The highest BCUT2D eigenvalue weighted by Crippen LogP contribution is 2.36. The summed E-state index contributed by atoms with van der Waals surface area (Å²) in [6, 6.07) is 10.3. The highest BCUT2D eigenvalue weighted by atomic mass is 35.5. The Kier molecular flexibility index (Phi) is 6.38. The molecular weight excluding hydrogens is 475 g/mol. The van der Waals surface area contributed by atoms with Crippen LogP contribution in [0.4, 0.5) is 0 Å². The Morgan fingerprint density at radius 1 is 0.875 bits per heavy atom. The van der Waals surface area contributed by atoms with Crippen molar-refractivity contribution < 1.29 is 19.2 Å². The minimum Gasteiger partial charge on any atom is -0.292 e. The molecule has 0 bridgehead atoms. The number of Topliss-reactive ketones (excluding diaryl/α,β-unsaturated/α-hetero) is 1. The zero-order chi connectivity index (χ0) is 23.0. The van der Waals surface area contributed by atoms with Gasteiger partial charge in [0.05, 0.1) is 16.9 Å². The van der Waals surface area contributed by atoms with Gasteiger partial charge in [-0.25, -0.2) is 5.01 Å². The van der Waals surface area contributed by atoms with Crippen LogP contribution >= 0.6 is 34.8 Å². The van der Waals surface area contributed by atoms with Crippen molar-refractivity contribution in [3.05, 3.63) is 80.8 Å². The number of nitrogens with zero attached hydrogens (tertiary/aromatic N) is 2. The Balaban J connectivity index is 1.70. The van der Waals surface area contributed by atoms with Gasteiger partial charge in [0.1, 0.15) is 6.54 Å². The number of hydrogen-bond acceptors (Lipinski definition) is 4. The van der Waals surface area contributed by atoms with E-state index in [9.17, 15) is 19.2 Å². The van der Waals surface area contributed by atoms with Gasteiger partial charge >= 0.3 is 0 Å². The predicted molar refractivity (Wildman–Crippen MR) is 120 cm³/mol. The molecule has 0 unspecified atom stereocenters. The first-order valence-corrected chi connectivity index (χ1v) is 11.0. The Morgan fingerprint density at radius 2 is 1.44 bits per heavy atom. The Hall–Kier alpha value is -2.67. The summed E-state index contributed by atoms with van der Waals surface area (Å²) in [5, 5.41) is 2.60. The third-order valence-electron chi connectivity index (χ3n) is 5.58. The molecule has 1 saturated heterocycles. The van der Waals surface area contributed by atoms with E-state index in [-0.39, 0.29) is 16.1 Å². The molecule has 0 N–H and O–H groups in total. The zero-order valence-electron chi connectivity index (χ0n) is 16.6. The molecule has 2 aromatic carbocycles. The van der Waals surface area contributed by atoms with Gasteiger partial charge in [0.2, 0.25) is 0 Å². The van der Waals surface area contributed by atoms with Crippen LogP contribution in [-0.4, -0.2) is 40.1 Å². The quantitative estimate of drug-likeness (QED) is 0.341. The summed E-state index contributed by atoms with van der Waals surface area (Å²) in [5.41, 5.74) is 0.307. The van der Waals surface area contributed by atoms with Crippen LogP contribution in [0, 0.1) is 11.8 Å². The molecule has 0 spiro atoms. The lowest BCUT2D eigenvalue weighted by molar-refractivity contribution is -0.154. The fourth-order valence-corrected chi connectivity index (χ4v) is 4.57. The van der Waals surface area contributed by atoms with Crippen molar-refractivity contribution >= 4 is 58.3 Å². The number of hydrogen-bond donors (Lipinski definition) is 0. The van der Waals surface area contributed by atoms with E-state index in [0.29, 0.717) is 22.9 Å². The Labute approximate surface area is 199 Å². The third kappa shape index (κ3) is 4.18. The predicted octanol–water partition coefficient (Wildman–Crippen LogP) is 4.84. The fourth-order valence-electron chi connectivity index (χ4n) is 3.93. The van der Waals surface area contributed by atoms with Crippen molar-refractivity contribution in [1.82, 2.24) is 10.0 Å². The van der Waals surface area contributed by atoms with Gasteiger partial charge in [-0.05, 0) is 55.3 Å². The first kappa shape index (κ1) is 22.5. The van der Waals surface area contributed by atoms with Gasteiger partial charge in [-0.15, -0.1) is 0 Å². The van der Waals surface area contributed by atoms with Gasteiger partial charge in [-0.1, -0.05) is 47.0 Å². The summed E-state index contributed by atoms with van der Waals surface area (Å²) in [5.74, 6) is -3.32. The van der Waals surface area contributed by atoms with Gasteiger partial charge in [0.25, 0.3) is 17.7 Å². The van der Waals surface area contributed by atoms with Crippen molar-refractivity contribution in [1.29, 1.82) is 0 Å². The summed E-state index contributed by atoms with van der Waals surface area (Å²) in [7, 11) is 0. The SMILES string of the molecule is O=C(CN(C(=O)c1ccc(Cl)cc1)N1C(=O)[C@@H]2CC=CC[C@H]2C1=O)c1ccc(Cl)cc1Cl. The number of halogens is 3. The zero-order valence-corrected chi connectivity index (χ0v) is 18.9. The van der Waals surface area contributed by atoms with E-state index in [1.807, 2.05) is 12.2 Å². The third-order valence-corrected chi connectivity index (χ3v) is 6.38. The second-order valence-corrected chi connectivity index (χ2v) is 8.84. The summed E-state index contributed by atoms with van der Waals surface area (Å²) >= 11 is 18.0. The van der Waals surface area contributed by atoms with Crippen LogP contribution in [0.25, 0.3) is 0 Å². The van der Waals surface area contributed by atoms with Crippen molar-refractivity contribution in [2.45, 2.75) is 12.8 Å². The number of amides is 3. The lowest BCUT2D eigenvalue weighted by atomic mass is 9.85. The van der Waals surface area contributed by atoms with Crippen LogP contribution in [0.3, 0.4) is 0 Å². The molecule has 6 nitrogen and oxygen atoms in total. The Bertz CT molecular complexity index is 1120. The van der Waals surface area contributed by atoms with Crippen LogP contribution in [-0.2, 0) is 9.59 Å². The number of imide groups is 1. The van der Waals surface area contributed by atoms with Gasteiger partial charge < -0.3 is 0 Å². The summed E-state index contributed by atoms with van der Waals surface area (Å²) in [6.45, 7) is -0.548. The largest absolute Gasteiger partial charge is 0.292 e. The summed E-state index contributed by atoms with van der Waals surface area (Å²) in [6.07, 6.45) is 4.51. The topological polar surface area (TPSA) is 74.8 Å². The molecule has 2 atom stereocenters. The molecule has 32 heavy (non-hydrogen) atoms. The lowest BCUT2D eigenvalue weighted by Gasteiger charge is -2.30. The first-order valence-electron chi connectivity index (χ1n) is 9.86. The van der Waals surface area contributed by atoms with Crippen molar-refractivity contribution in [3.63, 3.8) is 0 Å². The van der Waals surface area contributed by atoms with Crippen molar-refractivity contribution in [2.75, 3.05) is 6.54 Å². The molecule has 4 rings (SSSR count). The van der Waals surface area contributed by atoms with Crippen LogP contribution in [0.15, 0.2) is 54.6 Å². The molecule has 0 aromatic heterocycles. The average molecular weight is 492 g/mol. The molecule has 3 amide bonds. The number of carbonyl (C=O) groups excluding carboxylic acids is 4. The van der Waals surface area contributed by atoms with E-state index in [0.717, 1.165) is 10.0 Å². The smallest absolute Gasteiger partial charge is 0.273 e. The van der Waals surface area contributed by atoms with E-state index >= 15 is 0 Å². The molecule has 2 aromatic rings. The molecular formula is C23H17Cl3N2O4. The summed E-state index contributed by atoms with van der Waals surface area (Å²) < 4.78 is 0. The van der Waals surface area contributed by atoms with E-state index in [2.05, 4.69) is 0 Å². The average Bonchev–Trinajstić information content (AvgIpc) is 3.02. The van der Waals surface area contributed by atoms with Crippen LogP contribution in [0.5, 0.6) is 0 Å². The maximum atomic E-state index is 13.4. The van der Waals surface area contributed by atoms with E-state index in [1.54, 1.807) is 0 Å². The van der Waals surface area contributed by atoms with E-state index in [4.69, 9.17) is 34.8 Å². The standard InChI is InChI=1S/C23H17Cl3N2O4/c24-14-7-5-13(6-8-14)21(30)27(12-20(29)18-10-9-15(25)11-19(18)26)28-22(31)16-3-1-2-4-17(16)23(28)32/h1-2,5-11,16-17H,3-4,12H2/t16-,17-/m1/s1. The number of carbonyl (C=O) groups is 4. The molecule has 1 aliphatic heterocycles. The first-order chi connectivity index (χ1) is 15.3. The van der Waals surface area contributed by atoms with Crippen molar-refractivity contribution in [2.24, 2.45) is 11.8 Å². The normalized spacial score (nSPS) is 19.8. The van der Waals surface area contributed by atoms with E-state index in [1.165, 1.54) is 42.5 Å². The minimum absolute atomic E-state index is 0.110. The van der Waals surface area contributed by atoms with Crippen LogP contribution < -0.4 is 0 Å². The maximum Gasteiger partial charge on any atom is 0.273 e. The fraction of sp³-hybridized carbons (Fsp3) is 0.217. The molecule has 0 radical (unpaired) electrons. The molecule has 2 aliphatic rings. The van der Waals surface area contributed by atoms with E-state index < -0.39 is 41.9 Å². The van der Waals surface area contributed by atoms with Crippen LogP contribution in [0.2, 0.25) is 15.1 Å². The molecule has 164 valence electrons. The van der Waals surface area contributed by atoms with Gasteiger partial charge in [0.15, 0.2) is 5.78 Å². The number of ketones is 1. The summed E-state index contributed by atoms with van der Waals surface area (Å²) in [4.78, 5) is 52.6. The lowest BCUT2D eigenvalue weighted by Crippen LogP contribution is -2.52. The monoisotopic (exact) mass is 490 g/mol. The highest BCUT2D eigenvalue weighted by molar-refractivity contribution is 6.37. The van der Waals surface area contributed by atoms with Crippen LogP contribution in [0.1, 0.15) is 33.6 Å². The molecule has 1 heterocycles. The minimum atomic E-state index is -0.673. The van der Waals surface area contributed by atoms with Crippen molar-refractivity contribution in [3.8, 4) is 0 Å². The number of rotatable bonds is 5. The molecule has 9 heteroatoms. The highest BCUT2D eigenvalue weighted by Gasteiger charge is 2.51. The van der Waals surface area contributed by atoms with Gasteiger partial charge in [-0.3, -0.25) is 19.2 Å². The molecule has 1 fully saturated rings. The number of benzene rings is 2. The molecule has 1 aliphatic carbocycles. The number of hydrazine groups is 1. The number of fused-ring (bicyclic) bond motifs is 1. The van der Waals surface area contributed by atoms with Gasteiger partial charge in [-0.2, -0.15) is 5.01 Å². The second kappa shape index (κ2) is 9.06. The number of allylic oxidation sites excluding steroid dienone is 2. The maximum absolute atomic E-state index is 13.4. The Morgan fingerprint density at radius 3 is 2.00 bits per heavy atom. The molecule has 0 saturated carbocycles.